The van der Waals surface area contributed by atoms with Crippen molar-refractivity contribution in [1.29, 1.82) is 0 Å². The fourth-order valence-corrected chi connectivity index (χ4v) is 7.47. The molecule has 36 heavy (non-hydrogen) atoms. The summed E-state index contributed by atoms with van der Waals surface area (Å²) in [7, 11) is 0. The monoisotopic (exact) mass is 492 g/mol. The lowest BCUT2D eigenvalue weighted by atomic mass is 9.80. The van der Waals surface area contributed by atoms with E-state index in [2.05, 4.69) is 88.5 Å². The van der Waals surface area contributed by atoms with Crippen LogP contribution in [-0.4, -0.2) is 0 Å². The summed E-state index contributed by atoms with van der Waals surface area (Å²) in [6.07, 6.45) is 9.55. The quantitative estimate of drug-likeness (QED) is 0.179. The van der Waals surface area contributed by atoms with Gasteiger partial charge in [0.05, 0.1) is 0 Å². The van der Waals surface area contributed by atoms with Crippen molar-refractivity contribution in [3.8, 4) is 11.1 Å². The Morgan fingerprint density at radius 1 is 0.556 bits per heavy atom. The third-order valence-electron chi connectivity index (χ3n) is 7.93. The molecule has 5 rings (SSSR count). The fraction of sp³-hybridized carbons (Fsp3) is 0.371. The summed E-state index contributed by atoms with van der Waals surface area (Å²) in [4.78, 5) is 0. The minimum atomic E-state index is 1.17. The number of hydrogen-bond acceptors (Lipinski definition) is 1. The second-order valence-electron chi connectivity index (χ2n) is 10.4. The Labute approximate surface area is 221 Å². The molecule has 0 aliphatic rings. The first-order valence-corrected chi connectivity index (χ1v) is 15.0. The van der Waals surface area contributed by atoms with Crippen LogP contribution in [0.15, 0.2) is 53.9 Å². The molecular formula is C35H40S. The summed E-state index contributed by atoms with van der Waals surface area (Å²) in [5.74, 6) is 0. The average Bonchev–Trinajstić information content (AvgIpc) is 3.38. The molecule has 0 nitrogen and oxygen atoms in total. The van der Waals surface area contributed by atoms with Gasteiger partial charge in [-0.05, 0) is 116 Å². The van der Waals surface area contributed by atoms with E-state index in [-0.39, 0.29) is 0 Å². The fourth-order valence-electron chi connectivity index (χ4n) is 6.44. The van der Waals surface area contributed by atoms with Gasteiger partial charge in [0.2, 0.25) is 0 Å². The van der Waals surface area contributed by atoms with Crippen molar-refractivity contribution < 1.29 is 0 Å². The van der Waals surface area contributed by atoms with E-state index in [1.54, 1.807) is 22.3 Å². The standard InChI is InChI=1S/C35H40S/c1-6-13-26-27(14-7-2)29(16-9-4)32-22-33-30(21-31(32)28(26)15-8-3)23(5)25-19-20-36-35(25)34(33)24-17-11-10-12-18-24/h10-12,17-22H,6-9,13-16H2,1-5H3. The summed E-state index contributed by atoms with van der Waals surface area (Å²) in [5.41, 5.74) is 10.8. The van der Waals surface area contributed by atoms with Crippen LogP contribution in [0.2, 0.25) is 0 Å². The summed E-state index contributed by atoms with van der Waals surface area (Å²) in [5, 5.41) is 9.57. The van der Waals surface area contributed by atoms with Gasteiger partial charge in [-0.2, -0.15) is 0 Å². The molecule has 0 bridgehead atoms. The maximum Gasteiger partial charge on any atom is 0.0430 e. The summed E-state index contributed by atoms with van der Waals surface area (Å²) in [6, 6.07) is 18.6. The van der Waals surface area contributed by atoms with Crippen molar-refractivity contribution in [3.05, 3.63) is 81.7 Å². The second-order valence-corrected chi connectivity index (χ2v) is 11.3. The maximum absolute atomic E-state index is 2.60. The van der Waals surface area contributed by atoms with Gasteiger partial charge < -0.3 is 0 Å². The topological polar surface area (TPSA) is 0 Å². The van der Waals surface area contributed by atoms with Crippen LogP contribution in [0.4, 0.5) is 0 Å². The molecular weight excluding hydrogens is 452 g/mol. The van der Waals surface area contributed by atoms with Gasteiger partial charge in [-0.3, -0.25) is 0 Å². The van der Waals surface area contributed by atoms with E-state index in [1.165, 1.54) is 99.7 Å². The average molecular weight is 493 g/mol. The van der Waals surface area contributed by atoms with Gasteiger partial charge in [0, 0.05) is 10.3 Å². The first kappa shape index (κ1) is 25.0. The molecule has 5 aromatic rings. The van der Waals surface area contributed by atoms with Crippen LogP contribution in [-0.2, 0) is 25.7 Å². The Morgan fingerprint density at radius 2 is 1.08 bits per heavy atom. The number of fused-ring (bicyclic) bond motifs is 3. The van der Waals surface area contributed by atoms with E-state index in [0.29, 0.717) is 0 Å². The van der Waals surface area contributed by atoms with Gasteiger partial charge in [0.1, 0.15) is 0 Å². The molecule has 1 aromatic heterocycles. The molecule has 1 heterocycles. The minimum absolute atomic E-state index is 1.17. The Morgan fingerprint density at radius 3 is 1.64 bits per heavy atom. The Kier molecular flexibility index (Phi) is 7.49. The van der Waals surface area contributed by atoms with Gasteiger partial charge in [-0.1, -0.05) is 83.7 Å². The number of benzene rings is 4. The molecule has 0 aliphatic carbocycles. The van der Waals surface area contributed by atoms with E-state index in [0.717, 1.165) is 0 Å². The summed E-state index contributed by atoms with van der Waals surface area (Å²) >= 11 is 1.89. The summed E-state index contributed by atoms with van der Waals surface area (Å²) in [6.45, 7) is 11.7. The molecule has 186 valence electrons. The van der Waals surface area contributed by atoms with Gasteiger partial charge in [0.15, 0.2) is 0 Å². The third kappa shape index (κ3) is 4.16. The first-order valence-electron chi connectivity index (χ1n) is 14.1. The number of aryl methyl sites for hydroxylation is 3. The molecule has 1 heteroatoms. The zero-order valence-electron chi connectivity index (χ0n) is 22.8. The number of hydrogen-bond donors (Lipinski definition) is 0. The van der Waals surface area contributed by atoms with Crippen LogP contribution < -0.4 is 0 Å². The van der Waals surface area contributed by atoms with E-state index in [4.69, 9.17) is 0 Å². The van der Waals surface area contributed by atoms with E-state index in [9.17, 15) is 0 Å². The molecule has 0 radical (unpaired) electrons. The molecule has 0 spiro atoms. The minimum Gasteiger partial charge on any atom is -0.143 e. The van der Waals surface area contributed by atoms with Crippen LogP contribution in [0.25, 0.3) is 42.8 Å². The highest BCUT2D eigenvalue weighted by atomic mass is 32.1. The lowest BCUT2D eigenvalue weighted by Gasteiger charge is -2.24. The van der Waals surface area contributed by atoms with Crippen molar-refractivity contribution in [1.82, 2.24) is 0 Å². The molecule has 0 unspecified atom stereocenters. The number of rotatable bonds is 9. The van der Waals surface area contributed by atoms with Crippen molar-refractivity contribution in [2.24, 2.45) is 0 Å². The predicted molar refractivity (Wildman–Crippen MR) is 163 cm³/mol. The SMILES string of the molecule is CCCc1c(CCC)c(CCC)c2cc3c(-c4ccccc4)c4sccc4c(C)c3cc2c1CCC. The van der Waals surface area contributed by atoms with Crippen LogP contribution in [0.1, 0.15) is 81.2 Å². The smallest absolute Gasteiger partial charge is 0.0430 e. The first-order chi connectivity index (χ1) is 17.6. The molecule has 0 amide bonds. The molecule has 0 atom stereocenters. The zero-order valence-corrected chi connectivity index (χ0v) is 23.6. The highest BCUT2D eigenvalue weighted by molar-refractivity contribution is 7.18. The van der Waals surface area contributed by atoms with Crippen LogP contribution in [0.3, 0.4) is 0 Å². The van der Waals surface area contributed by atoms with Gasteiger partial charge in [-0.25, -0.2) is 0 Å². The normalized spacial score (nSPS) is 11.8. The Balaban J connectivity index is 2.01. The van der Waals surface area contributed by atoms with Crippen molar-refractivity contribution in [2.75, 3.05) is 0 Å². The number of thiophene rings is 1. The third-order valence-corrected chi connectivity index (χ3v) is 8.86. The molecule has 0 N–H and O–H groups in total. The van der Waals surface area contributed by atoms with Gasteiger partial charge in [0.25, 0.3) is 0 Å². The predicted octanol–water partition coefficient (Wildman–Crippen LogP) is 11.0. The van der Waals surface area contributed by atoms with Crippen LogP contribution in [0, 0.1) is 6.92 Å². The van der Waals surface area contributed by atoms with Crippen molar-refractivity contribution in [3.63, 3.8) is 0 Å². The maximum atomic E-state index is 2.60. The second kappa shape index (κ2) is 10.8. The zero-order chi connectivity index (χ0) is 25.2. The molecule has 0 fully saturated rings. The summed E-state index contributed by atoms with van der Waals surface area (Å²) < 4.78 is 1.42. The largest absolute Gasteiger partial charge is 0.143 e. The highest BCUT2D eigenvalue weighted by Crippen LogP contribution is 2.45. The van der Waals surface area contributed by atoms with Gasteiger partial charge >= 0.3 is 0 Å². The van der Waals surface area contributed by atoms with Crippen LogP contribution in [0.5, 0.6) is 0 Å². The highest BCUT2D eigenvalue weighted by Gasteiger charge is 2.21. The van der Waals surface area contributed by atoms with E-state index >= 15 is 0 Å². The van der Waals surface area contributed by atoms with E-state index < -0.39 is 0 Å². The lowest BCUT2D eigenvalue weighted by molar-refractivity contribution is 0.810. The molecule has 0 saturated heterocycles. The molecule has 4 aromatic carbocycles. The molecule has 0 saturated carbocycles. The van der Waals surface area contributed by atoms with Crippen molar-refractivity contribution >= 4 is 43.0 Å². The Hall–Kier alpha value is -2.64. The van der Waals surface area contributed by atoms with Gasteiger partial charge in [-0.15, -0.1) is 11.3 Å². The van der Waals surface area contributed by atoms with Crippen LogP contribution >= 0.6 is 11.3 Å². The molecule has 0 aliphatic heterocycles. The lowest BCUT2D eigenvalue weighted by Crippen LogP contribution is -2.07. The Bertz CT molecular complexity index is 1520. The van der Waals surface area contributed by atoms with Crippen molar-refractivity contribution in [2.45, 2.75) is 86.0 Å². The van der Waals surface area contributed by atoms with E-state index in [1.807, 2.05) is 11.3 Å².